The Kier molecular flexibility index (Phi) is 5.13. The molecule has 1 N–H and O–H groups in total. The summed E-state index contributed by atoms with van der Waals surface area (Å²) in [6.45, 7) is 0. The van der Waals surface area contributed by atoms with Gasteiger partial charge in [-0.15, -0.1) is 10.2 Å². The summed E-state index contributed by atoms with van der Waals surface area (Å²) in [5.74, 6) is -1.35. The van der Waals surface area contributed by atoms with Gasteiger partial charge in [0.25, 0.3) is 0 Å². The van der Waals surface area contributed by atoms with Gasteiger partial charge in [-0.25, -0.2) is 8.78 Å². The van der Waals surface area contributed by atoms with Crippen LogP contribution in [-0.2, 0) is 11.2 Å². The Balaban J connectivity index is 1.56. The lowest BCUT2D eigenvalue weighted by atomic mass is 10.1. The van der Waals surface area contributed by atoms with E-state index in [1.54, 1.807) is 28.7 Å². The molecule has 2 heterocycles. The van der Waals surface area contributed by atoms with E-state index in [-0.39, 0.29) is 18.7 Å². The van der Waals surface area contributed by atoms with Gasteiger partial charge in [-0.05, 0) is 48.4 Å². The van der Waals surface area contributed by atoms with Crippen molar-refractivity contribution in [3.8, 4) is 17.5 Å². The molecule has 0 aliphatic rings. The number of fused-ring (bicyclic) bond motifs is 1. The maximum Gasteiger partial charge on any atom is 0.225 e. The molecule has 2 aromatic heterocycles. The summed E-state index contributed by atoms with van der Waals surface area (Å²) in [7, 11) is 0. The number of amides is 1. The molecular formula is C21H14F2N6O. The first-order valence-corrected chi connectivity index (χ1v) is 8.98. The van der Waals surface area contributed by atoms with E-state index in [9.17, 15) is 13.6 Å². The SMILES string of the molecule is N#Cc1ccc(-c2nnc3cncc(NC(=O)CCc4ccc(F)c(F)c4)n23)cc1. The van der Waals surface area contributed by atoms with Crippen molar-refractivity contribution >= 4 is 17.4 Å². The molecule has 0 aliphatic carbocycles. The quantitative estimate of drug-likeness (QED) is 0.549. The second kappa shape index (κ2) is 8.05. The van der Waals surface area contributed by atoms with Gasteiger partial charge in [0.15, 0.2) is 23.1 Å². The minimum absolute atomic E-state index is 0.0653. The lowest BCUT2D eigenvalue weighted by molar-refractivity contribution is -0.116. The summed E-state index contributed by atoms with van der Waals surface area (Å²) < 4.78 is 28.0. The zero-order valence-corrected chi connectivity index (χ0v) is 15.5. The maximum absolute atomic E-state index is 13.3. The highest BCUT2D eigenvalue weighted by molar-refractivity contribution is 5.90. The Hall–Kier alpha value is -4.19. The van der Waals surface area contributed by atoms with E-state index in [1.807, 2.05) is 0 Å². The molecule has 0 saturated carbocycles. The number of carbonyl (C=O) groups excluding carboxylic acids is 1. The molecule has 1 amide bonds. The summed E-state index contributed by atoms with van der Waals surface area (Å²) in [5, 5.41) is 20.0. The van der Waals surface area contributed by atoms with Gasteiger partial charge in [0.05, 0.1) is 24.0 Å². The second-order valence-electron chi connectivity index (χ2n) is 6.50. The van der Waals surface area contributed by atoms with Crippen LogP contribution in [0, 0.1) is 23.0 Å². The number of nitriles is 1. The fraction of sp³-hybridized carbons (Fsp3) is 0.0952. The van der Waals surface area contributed by atoms with Crippen molar-refractivity contribution < 1.29 is 13.6 Å². The van der Waals surface area contributed by atoms with E-state index in [1.165, 1.54) is 18.5 Å². The molecule has 0 aliphatic heterocycles. The van der Waals surface area contributed by atoms with Crippen LogP contribution in [0.2, 0.25) is 0 Å². The third kappa shape index (κ3) is 3.84. The van der Waals surface area contributed by atoms with Crippen LogP contribution < -0.4 is 5.32 Å². The number of aromatic nitrogens is 4. The average molecular weight is 404 g/mol. The number of halogens is 2. The van der Waals surface area contributed by atoms with E-state index in [2.05, 4.69) is 26.6 Å². The van der Waals surface area contributed by atoms with Crippen molar-refractivity contribution in [3.05, 3.63) is 77.6 Å². The third-order valence-electron chi connectivity index (χ3n) is 4.48. The number of hydrogen-bond donors (Lipinski definition) is 1. The van der Waals surface area contributed by atoms with Gasteiger partial charge in [-0.3, -0.25) is 14.2 Å². The van der Waals surface area contributed by atoms with Gasteiger partial charge in [0.2, 0.25) is 5.91 Å². The molecular weight excluding hydrogens is 390 g/mol. The maximum atomic E-state index is 13.3. The highest BCUT2D eigenvalue weighted by atomic mass is 19.2. The number of nitrogens with zero attached hydrogens (tertiary/aromatic N) is 5. The number of carbonyl (C=O) groups is 1. The lowest BCUT2D eigenvalue weighted by Gasteiger charge is -2.09. The summed E-state index contributed by atoms with van der Waals surface area (Å²) in [4.78, 5) is 16.5. The van der Waals surface area contributed by atoms with Crippen LogP contribution in [0.25, 0.3) is 17.0 Å². The fourth-order valence-corrected chi connectivity index (χ4v) is 2.98. The van der Waals surface area contributed by atoms with E-state index in [4.69, 9.17) is 5.26 Å². The average Bonchev–Trinajstić information content (AvgIpc) is 3.20. The first kappa shape index (κ1) is 19.1. The molecule has 30 heavy (non-hydrogen) atoms. The van der Waals surface area contributed by atoms with Crippen LogP contribution in [0.15, 0.2) is 54.9 Å². The van der Waals surface area contributed by atoms with Gasteiger partial charge < -0.3 is 5.32 Å². The molecule has 9 heteroatoms. The minimum atomic E-state index is -0.946. The molecule has 148 valence electrons. The topological polar surface area (TPSA) is 96.0 Å². The summed E-state index contributed by atoms with van der Waals surface area (Å²) in [5.41, 5.74) is 2.18. The normalized spacial score (nSPS) is 10.7. The fourth-order valence-electron chi connectivity index (χ4n) is 2.98. The van der Waals surface area contributed by atoms with Gasteiger partial charge >= 0.3 is 0 Å². The Labute approximate surface area is 169 Å². The zero-order valence-electron chi connectivity index (χ0n) is 15.5. The monoisotopic (exact) mass is 404 g/mol. The highest BCUT2D eigenvalue weighted by Crippen LogP contribution is 2.22. The molecule has 0 fully saturated rings. The molecule has 0 unspecified atom stereocenters. The van der Waals surface area contributed by atoms with Crippen LogP contribution in [0.3, 0.4) is 0 Å². The Morgan fingerprint density at radius 2 is 1.87 bits per heavy atom. The van der Waals surface area contributed by atoms with Gasteiger partial charge in [-0.1, -0.05) is 6.07 Å². The number of anilines is 1. The summed E-state index contributed by atoms with van der Waals surface area (Å²) >= 11 is 0. The minimum Gasteiger partial charge on any atom is -0.310 e. The van der Waals surface area contributed by atoms with Gasteiger partial charge in [0, 0.05) is 12.0 Å². The van der Waals surface area contributed by atoms with E-state index in [0.717, 1.165) is 12.1 Å². The zero-order chi connectivity index (χ0) is 21.1. The molecule has 2 aromatic carbocycles. The standard InChI is InChI=1S/C21H14F2N6O/c22-16-7-3-13(9-17(16)23)4-8-20(30)26-18-11-25-12-19-27-28-21(29(18)19)15-5-1-14(10-24)2-6-15/h1-3,5-7,9,11-12H,4,8H2,(H,26,30). The van der Waals surface area contributed by atoms with Crippen LogP contribution in [0.4, 0.5) is 14.6 Å². The van der Waals surface area contributed by atoms with Crippen molar-refractivity contribution in [2.75, 3.05) is 5.32 Å². The molecule has 4 rings (SSSR count). The van der Waals surface area contributed by atoms with Crippen molar-refractivity contribution in [1.29, 1.82) is 5.26 Å². The van der Waals surface area contributed by atoms with Gasteiger partial charge in [0.1, 0.15) is 5.82 Å². The first-order valence-electron chi connectivity index (χ1n) is 8.98. The molecule has 7 nitrogen and oxygen atoms in total. The van der Waals surface area contributed by atoms with Crippen molar-refractivity contribution in [3.63, 3.8) is 0 Å². The first-order chi connectivity index (χ1) is 14.5. The number of rotatable bonds is 5. The molecule has 0 spiro atoms. The highest BCUT2D eigenvalue weighted by Gasteiger charge is 2.14. The van der Waals surface area contributed by atoms with E-state index < -0.39 is 11.6 Å². The predicted octanol–water partition coefficient (Wildman–Crippen LogP) is 3.51. The molecule has 4 aromatic rings. The molecule has 0 radical (unpaired) electrons. The number of aryl methyl sites for hydroxylation is 1. The number of benzene rings is 2. The van der Waals surface area contributed by atoms with Crippen molar-refractivity contribution in [2.24, 2.45) is 0 Å². The Bertz CT molecular complexity index is 1280. The largest absolute Gasteiger partial charge is 0.310 e. The lowest BCUT2D eigenvalue weighted by Crippen LogP contribution is -2.15. The second-order valence-corrected chi connectivity index (χ2v) is 6.50. The van der Waals surface area contributed by atoms with Gasteiger partial charge in [-0.2, -0.15) is 5.26 Å². The van der Waals surface area contributed by atoms with Crippen LogP contribution in [-0.4, -0.2) is 25.5 Å². The van der Waals surface area contributed by atoms with Crippen LogP contribution >= 0.6 is 0 Å². The summed E-state index contributed by atoms with van der Waals surface area (Å²) in [6.07, 6.45) is 3.29. The van der Waals surface area contributed by atoms with Crippen molar-refractivity contribution in [1.82, 2.24) is 19.6 Å². The Morgan fingerprint density at radius 1 is 1.07 bits per heavy atom. The molecule has 0 bridgehead atoms. The number of hydrogen-bond acceptors (Lipinski definition) is 5. The number of nitrogens with one attached hydrogen (secondary N) is 1. The smallest absolute Gasteiger partial charge is 0.225 e. The molecule has 0 atom stereocenters. The van der Waals surface area contributed by atoms with E-state index in [0.29, 0.717) is 34.0 Å². The molecule has 0 saturated heterocycles. The predicted molar refractivity (Wildman–Crippen MR) is 104 cm³/mol. The Morgan fingerprint density at radius 3 is 2.60 bits per heavy atom. The van der Waals surface area contributed by atoms with Crippen molar-refractivity contribution in [2.45, 2.75) is 12.8 Å². The van der Waals surface area contributed by atoms with E-state index >= 15 is 0 Å². The van der Waals surface area contributed by atoms with Crippen LogP contribution in [0.1, 0.15) is 17.5 Å². The van der Waals surface area contributed by atoms with Crippen LogP contribution in [0.5, 0.6) is 0 Å². The summed E-state index contributed by atoms with van der Waals surface area (Å²) in [6, 6.07) is 12.4. The third-order valence-corrected chi connectivity index (χ3v) is 4.48.